The minimum atomic E-state index is -1.73. The van der Waals surface area contributed by atoms with Gasteiger partial charge in [0.05, 0.1) is 19.8 Å². The van der Waals surface area contributed by atoms with Crippen molar-refractivity contribution in [1.29, 1.82) is 0 Å². The molecular weight excluding hydrogens is 398 g/mol. The summed E-state index contributed by atoms with van der Waals surface area (Å²) < 4.78 is 17.0. The summed E-state index contributed by atoms with van der Waals surface area (Å²) in [5.74, 6) is -1.23. The highest BCUT2D eigenvalue weighted by Gasteiger charge is 2.37. The van der Waals surface area contributed by atoms with Crippen molar-refractivity contribution in [1.82, 2.24) is 10.2 Å². The summed E-state index contributed by atoms with van der Waals surface area (Å²) in [6.45, 7) is 2.87. The molecule has 2 amide bonds. The maximum absolute atomic E-state index is 12.2. The van der Waals surface area contributed by atoms with E-state index in [-0.39, 0.29) is 12.6 Å². The van der Waals surface area contributed by atoms with Crippen LogP contribution in [-0.2, 0) is 16.1 Å². The van der Waals surface area contributed by atoms with Crippen LogP contribution in [0.3, 0.4) is 0 Å². The zero-order chi connectivity index (χ0) is 21.9. The maximum Gasteiger partial charge on any atom is 0.317 e. The number of rotatable bonds is 10. The van der Waals surface area contributed by atoms with Gasteiger partial charge in [0.15, 0.2) is 0 Å². The van der Waals surface area contributed by atoms with Crippen LogP contribution in [0.4, 0.5) is 4.79 Å². The van der Waals surface area contributed by atoms with Gasteiger partial charge < -0.3 is 29.5 Å². The number of aliphatic hydroxyl groups is 1. The molecule has 8 heteroatoms. The summed E-state index contributed by atoms with van der Waals surface area (Å²) in [5.41, 5.74) is 7.29. The highest BCUT2D eigenvalue weighted by atomic mass is 16.7. The normalized spacial score (nSPS) is 16.9. The molecule has 0 aromatic heterocycles. The Hall–Kier alpha value is -2.65. The number of carbonyl (C=O) groups is 1. The minimum Gasteiger partial charge on any atom is -0.447 e. The number of ether oxygens (including phenoxy) is 3. The number of hydrogen-bond acceptors (Lipinski definition) is 6. The average Bonchev–Trinajstić information content (AvgIpc) is 2.82. The molecule has 0 aliphatic carbocycles. The lowest BCUT2D eigenvalue weighted by Gasteiger charge is -2.34. The predicted octanol–water partition coefficient (Wildman–Crippen LogP) is 2.08. The van der Waals surface area contributed by atoms with Crippen LogP contribution >= 0.6 is 0 Å². The first kappa shape index (κ1) is 23.0. The van der Waals surface area contributed by atoms with Crippen LogP contribution in [0.2, 0.25) is 0 Å². The van der Waals surface area contributed by atoms with Gasteiger partial charge >= 0.3 is 6.03 Å². The minimum absolute atomic E-state index is 0.127. The molecule has 3 rings (SSSR count). The van der Waals surface area contributed by atoms with E-state index in [4.69, 9.17) is 19.9 Å². The number of hydrogen-bond donors (Lipinski definition) is 3. The number of carbonyl (C=O) groups excluding carboxylic acids is 1. The van der Waals surface area contributed by atoms with Gasteiger partial charge in [-0.25, -0.2) is 4.79 Å². The van der Waals surface area contributed by atoms with Crippen LogP contribution in [0.25, 0.3) is 0 Å². The van der Waals surface area contributed by atoms with Gasteiger partial charge in [0.25, 0.3) is 5.91 Å². The monoisotopic (exact) mass is 429 g/mol. The first-order chi connectivity index (χ1) is 15.1. The molecule has 1 aliphatic heterocycles. The molecule has 1 saturated heterocycles. The van der Waals surface area contributed by atoms with Crippen molar-refractivity contribution in [2.45, 2.75) is 31.5 Å². The first-order valence-electron chi connectivity index (χ1n) is 10.6. The number of nitrogens with zero attached hydrogens (tertiary/aromatic N) is 1. The molecule has 0 spiro atoms. The highest BCUT2D eigenvalue weighted by Crippen LogP contribution is 2.22. The molecule has 2 atom stereocenters. The molecule has 1 fully saturated rings. The van der Waals surface area contributed by atoms with E-state index in [1.165, 1.54) is 0 Å². The standard InChI is InChI=1S/C23H31N3O5/c24-23(31-20-10-5-2-6-11-20,30-18-19-8-3-1-4-9-19)21(27)12-7-13-25-22(28)26-14-16-29-17-15-26/h1-6,8-11,21,27H,7,12-18,24H2,(H,25,28). The Labute approximate surface area is 182 Å². The molecule has 0 saturated carbocycles. The Kier molecular flexibility index (Phi) is 8.66. The molecular formula is C23H31N3O5. The zero-order valence-corrected chi connectivity index (χ0v) is 17.6. The Morgan fingerprint density at radius 1 is 1.13 bits per heavy atom. The number of para-hydroxylation sites is 1. The van der Waals surface area contributed by atoms with Gasteiger partial charge in [-0.1, -0.05) is 48.5 Å². The molecule has 4 N–H and O–H groups in total. The molecule has 0 radical (unpaired) electrons. The van der Waals surface area contributed by atoms with Gasteiger partial charge in [-0.2, -0.15) is 0 Å². The smallest absolute Gasteiger partial charge is 0.317 e. The van der Waals surface area contributed by atoms with E-state index in [0.717, 1.165) is 5.56 Å². The highest BCUT2D eigenvalue weighted by molar-refractivity contribution is 5.74. The van der Waals surface area contributed by atoms with Gasteiger partial charge in [0.2, 0.25) is 0 Å². The summed E-state index contributed by atoms with van der Waals surface area (Å²) in [4.78, 5) is 13.9. The summed E-state index contributed by atoms with van der Waals surface area (Å²) in [6, 6.07) is 18.4. The third-order valence-electron chi connectivity index (χ3n) is 5.02. The number of urea groups is 1. The van der Waals surface area contributed by atoms with Crippen molar-refractivity contribution in [3.8, 4) is 5.75 Å². The number of benzene rings is 2. The van der Waals surface area contributed by atoms with Crippen molar-refractivity contribution in [3.63, 3.8) is 0 Å². The van der Waals surface area contributed by atoms with Crippen LogP contribution in [0.1, 0.15) is 18.4 Å². The average molecular weight is 430 g/mol. The maximum atomic E-state index is 12.2. The topological polar surface area (TPSA) is 106 Å². The molecule has 1 aliphatic rings. The number of nitrogens with one attached hydrogen (secondary N) is 1. The molecule has 31 heavy (non-hydrogen) atoms. The van der Waals surface area contributed by atoms with Crippen LogP contribution in [-0.4, -0.2) is 60.9 Å². The van der Waals surface area contributed by atoms with E-state index >= 15 is 0 Å². The SMILES string of the molecule is NC(OCc1ccccc1)(Oc1ccccc1)C(O)CCCNC(=O)N1CCOCC1. The fourth-order valence-corrected chi connectivity index (χ4v) is 3.21. The molecule has 8 nitrogen and oxygen atoms in total. The summed E-state index contributed by atoms with van der Waals surface area (Å²) in [7, 11) is 0. The third-order valence-corrected chi connectivity index (χ3v) is 5.02. The number of amides is 2. The second kappa shape index (κ2) is 11.7. The lowest BCUT2D eigenvalue weighted by atomic mass is 10.1. The Morgan fingerprint density at radius 3 is 2.45 bits per heavy atom. The summed E-state index contributed by atoms with van der Waals surface area (Å²) in [6.07, 6.45) is -0.290. The Bertz CT molecular complexity index is 786. The van der Waals surface area contributed by atoms with E-state index in [0.29, 0.717) is 51.4 Å². The van der Waals surface area contributed by atoms with E-state index in [1.807, 2.05) is 48.5 Å². The van der Waals surface area contributed by atoms with E-state index in [1.54, 1.807) is 17.0 Å². The zero-order valence-electron chi connectivity index (χ0n) is 17.6. The molecule has 2 aromatic rings. The van der Waals surface area contributed by atoms with E-state index in [9.17, 15) is 9.90 Å². The lowest BCUT2D eigenvalue weighted by Crippen LogP contribution is -2.58. The van der Waals surface area contributed by atoms with Crippen LogP contribution < -0.4 is 15.8 Å². The van der Waals surface area contributed by atoms with Crippen molar-refractivity contribution in [3.05, 3.63) is 66.2 Å². The molecule has 0 bridgehead atoms. The second-order valence-corrected chi connectivity index (χ2v) is 7.40. The number of aliphatic hydroxyl groups excluding tert-OH is 1. The van der Waals surface area contributed by atoms with Crippen molar-refractivity contribution in [2.75, 3.05) is 32.8 Å². The summed E-state index contributed by atoms with van der Waals surface area (Å²) >= 11 is 0. The Morgan fingerprint density at radius 2 is 1.77 bits per heavy atom. The fraction of sp³-hybridized carbons (Fsp3) is 0.435. The van der Waals surface area contributed by atoms with Gasteiger partial charge in [-0.05, 0) is 30.5 Å². The van der Waals surface area contributed by atoms with Crippen LogP contribution in [0, 0.1) is 0 Å². The number of morpholine rings is 1. The van der Waals surface area contributed by atoms with E-state index in [2.05, 4.69) is 5.32 Å². The Balaban J connectivity index is 1.53. The molecule has 1 heterocycles. The second-order valence-electron chi connectivity index (χ2n) is 7.40. The number of nitrogens with two attached hydrogens (primary N) is 1. The molecule has 2 aromatic carbocycles. The largest absolute Gasteiger partial charge is 0.447 e. The summed E-state index contributed by atoms with van der Waals surface area (Å²) in [5, 5.41) is 13.7. The fourth-order valence-electron chi connectivity index (χ4n) is 3.21. The van der Waals surface area contributed by atoms with Crippen molar-refractivity contribution < 1.29 is 24.1 Å². The van der Waals surface area contributed by atoms with Crippen LogP contribution in [0.15, 0.2) is 60.7 Å². The van der Waals surface area contributed by atoms with Crippen molar-refractivity contribution >= 4 is 6.03 Å². The van der Waals surface area contributed by atoms with Gasteiger partial charge in [-0.15, -0.1) is 0 Å². The van der Waals surface area contributed by atoms with Gasteiger partial charge in [0, 0.05) is 19.6 Å². The molecule has 168 valence electrons. The van der Waals surface area contributed by atoms with Gasteiger partial charge in [-0.3, -0.25) is 5.73 Å². The van der Waals surface area contributed by atoms with E-state index < -0.39 is 12.0 Å². The quantitative estimate of drug-likeness (QED) is 0.394. The van der Waals surface area contributed by atoms with Crippen LogP contribution in [0.5, 0.6) is 5.75 Å². The predicted molar refractivity (Wildman–Crippen MR) is 116 cm³/mol. The van der Waals surface area contributed by atoms with Crippen molar-refractivity contribution in [2.24, 2.45) is 5.73 Å². The molecule has 2 unspecified atom stereocenters. The third kappa shape index (κ3) is 7.22. The first-order valence-corrected chi connectivity index (χ1v) is 10.6. The lowest BCUT2D eigenvalue weighted by molar-refractivity contribution is -0.243. The van der Waals surface area contributed by atoms with Gasteiger partial charge in [0.1, 0.15) is 11.9 Å².